The second-order valence-electron chi connectivity index (χ2n) is 5.24. The van der Waals surface area contributed by atoms with Gasteiger partial charge in [0.1, 0.15) is 11.5 Å². The fourth-order valence-corrected chi connectivity index (χ4v) is 2.52. The lowest BCUT2D eigenvalue weighted by molar-refractivity contribution is -0.120. The Morgan fingerprint density at radius 3 is 2.42 bits per heavy atom. The Morgan fingerprint density at radius 1 is 1.12 bits per heavy atom. The van der Waals surface area contributed by atoms with Gasteiger partial charge in [0, 0.05) is 12.1 Å². The van der Waals surface area contributed by atoms with Gasteiger partial charge in [-0.25, -0.2) is 0 Å². The molecule has 0 saturated heterocycles. The molecule has 0 heterocycles. The molecule has 2 aromatic carbocycles. The zero-order chi connectivity index (χ0) is 17.5. The summed E-state index contributed by atoms with van der Waals surface area (Å²) in [6.07, 6.45) is 0. The van der Waals surface area contributed by atoms with Crippen molar-refractivity contribution in [3.63, 3.8) is 0 Å². The van der Waals surface area contributed by atoms with Crippen LogP contribution in [-0.2, 0) is 4.79 Å². The molecule has 0 spiro atoms. The number of benzene rings is 2. The second kappa shape index (κ2) is 8.45. The molecule has 0 saturated carbocycles. The number of nitrogens with one attached hydrogen (secondary N) is 2. The van der Waals surface area contributed by atoms with Gasteiger partial charge in [-0.05, 0) is 12.5 Å². The summed E-state index contributed by atoms with van der Waals surface area (Å²) in [6.45, 7) is 2.05. The number of hydrogen-bond donors (Lipinski definition) is 2. The first-order valence-electron chi connectivity index (χ1n) is 7.55. The number of ether oxygens (including phenoxy) is 2. The van der Waals surface area contributed by atoms with Gasteiger partial charge in [-0.1, -0.05) is 41.9 Å². The summed E-state index contributed by atoms with van der Waals surface area (Å²) >= 11 is 6.07. The third kappa shape index (κ3) is 4.55. The van der Waals surface area contributed by atoms with Crippen molar-refractivity contribution >= 4 is 23.2 Å². The molecule has 6 heteroatoms. The van der Waals surface area contributed by atoms with Crippen molar-refractivity contribution in [3.8, 4) is 11.5 Å². The van der Waals surface area contributed by atoms with Gasteiger partial charge in [-0.2, -0.15) is 0 Å². The molecule has 0 fully saturated rings. The van der Waals surface area contributed by atoms with Crippen LogP contribution in [0, 0.1) is 0 Å². The first kappa shape index (κ1) is 17.9. The Hall–Kier alpha value is -2.40. The van der Waals surface area contributed by atoms with E-state index in [2.05, 4.69) is 10.6 Å². The molecule has 1 atom stereocenters. The molecular weight excluding hydrogens is 328 g/mol. The number of carbonyl (C=O) groups excluding carboxylic acids is 1. The maximum atomic E-state index is 12.1. The zero-order valence-corrected chi connectivity index (χ0v) is 14.7. The highest BCUT2D eigenvalue weighted by atomic mass is 35.5. The average Bonchev–Trinajstić information content (AvgIpc) is 2.60. The Morgan fingerprint density at radius 2 is 1.79 bits per heavy atom. The van der Waals surface area contributed by atoms with E-state index in [4.69, 9.17) is 21.1 Å². The van der Waals surface area contributed by atoms with Crippen LogP contribution in [0.2, 0.25) is 5.02 Å². The van der Waals surface area contributed by atoms with Gasteiger partial charge in [0.05, 0.1) is 37.5 Å². The molecule has 128 valence electrons. The number of carbonyl (C=O) groups is 1. The van der Waals surface area contributed by atoms with Gasteiger partial charge in [0.2, 0.25) is 5.91 Å². The highest BCUT2D eigenvalue weighted by molar-refractivity contribution is 6.32. The molecule has 2 rings (SSSR count). The third-order valence-electron chi connectivity index (χ3n) is 3.59. The maximum absolute atomic E-state index is 12.1. The molecule has 0 aliphatic rings. The fraction of sp³-hybridized carbons (Fsp3) is 0.278. The molecule has 24 heavy (non-hydrogen) atoms. The van der Waals surface area contributed by atoms with Crippen LogP contribution in [-0.4, -0.2) is 26.7 Å². The van der Waals surface area contributed by atoms with E-state index in [0.717, 1.165) is 5.56 Å². The topological polar surface area (TPSA) is 59.6 Å². The molecule has 2 aromatic rings. The van der Waals surface area contributed by atoms with Crippen LogP contribution in [0.1, 0.15) is 18.5 Å². The summed E-state index contributed by atoms with van der Waals surface area (Å²) in [7, 11) is 3.08. The van der Waals surface area contributed by atoms with Gasteiger partial charge in [0.15, 0.2) is 0 Å². The van der Waals surface area contributed by atoms with Crippen molar-refractivity contribution in [2.45, 2.75) is 13.0 Å². The molecule has 2 N–H and O–H groups in total. The summed E-state index contributed by atoms with van der Waals surface area (Å²) in [6, 6.07) is 13.1. The van der Waals surface area contributed by atoms with Crippen LogP contribution >= 0.6 is 11.6 Å². The van der Waals surface area contributed by atoms with Crippen molar-refractivity contribution in [1.29, 1.82) is 0 Å². The predicted molar refractivity (Wildman–Crippen MR) is 96.0 cm³/mol. The lowest BCUT2D eigenvalue weighted by atomic mass is 10.1. The average molecular weight is 349 g/mol. The first-order valence-corrected chi connectivity index (χ1v) is 7.92. The van der Waals surface area contributed by atoms with Crippen molar-refractivity contribution in [1.82, 2.24) is 5.32 Å². The molecule has 0 aliphatic heterocycles. The predicted octanol–water partition coefficient (Wildman–Crippen LogP) is 3.65. The van der Waals surface area contributed by atoms with Crippen molar-refractivity contribution in [3.05, 3.63) is 53.1 Å². The van der Waals surface area contributed by atoms with E-state index >= 15 is 0 Å². The number of rotatable bonds is 7. The summed E-state index contributed by atoms with van der Waals surface area (Å²) in [5.74, 6) is 0.935. The minimum absolute atomic E-state index is 0.0675. The second-order valence-corrected chi connectivity index (χ2v) is 5.65. The zero-order valence-electron chi connectivity index (χ0n) is 13.9. The summed E-state index contributed by atoms with van der Waals surface area (Å²) in [4.78, 5) is 12.1. The summed E-state index contributed by atoms with van der Waals surface area (Å²) in [5, 5.41) is 6.44. The van der Waals surface area contributed by atoms with Gasteiger partial charge in [-0.3, -0.25) is 4.79 Å². The van der Waals surface area contributed by atoms with Crippen LogP contribution in [0.5, 0.6) is 11.5 Å². The van der Waals surface area contributed by atoms with Gasteiger partial charge in [-0.15, -0.1) is 0 Å². The van der Waals surface area contributed by atoms with E-state index in [-0.39, 0.29) is 18.5 Å². The van der Waals surface area contributed by atoms with E-state index in [1.165, 1.54) is 7.11 Å². The highest BCUT2D eigenvalue weighted by Gasteiger charge is 2.12. The largest absolute Gasteiger partial charge is 0.495 e. The fourth-order valence-electron chi connectivity index (χ4n) is 2.29. The SMILES string of the molecule is COc1cc(NCC(=O)N[C@@H](C)c2ccccc2)c(OC)cc1Cl. The van der Waals surface area contributed by atoms with Crippen LogP contribution in [0.4, 0.5) is 5.69 Å². The van der Waals surface area contributed by atoms with Crippen molar-refractivity contribution in [2.75, 3.05) is 26.1 Å². The lowest BCUT2D eigenvalue weighted by Gasteiger charge is -2.16. The van der Waals surface area contributed by atoms with Crippen LogP contribution in [0.25, 0.3) is 0 Å². The van der Waals surface area contributed by atoms with Crippen molar-refractivity contribution in [2.24, 2.45) is 0 Å². The molecule has 0 aliphatic carbocycles. The summed E-state index contributed by atoms with van der Waals surface area (Å²) in [5.41, 5.74) is 1.69. The smallest absolute Gasteiger partial charge is 0.239 e. The van der Waals surface area contributed by atoms with Crippen LogP contribution < -0.4 is 20.1 Å². The Kier molecular flexibility index (Phi) is 6.32. The quantitative estimate of drug-likeness (QED) is 0.802. The molecular formula is C18H21ClN2O3. The van der Waals surface area contributed by atoms with Gasteiger partial charge >= 0.3 is 0 Å². The lowest BCUT2D eigenvalue weighted by Crippen LogP contribution is -2.32. The number of halogens is 1. The Balaban J connectivity index is 1.99. The van der Waals surface area contributed by atoms with E-state index < -0.39 is 0 Å². The maximum Gasteiger partial charge on any atom is 0.239 e. The molecule has 5 nitrogen and oxygen atoms in total. The molecule has 1 amide bonds. The van der Waals surface area contributed by atoms with Crippen LogP contribution in [0.3, 0.4) is 0 Å². The molecule has 0 aromatic heterocycles. The molecule has 0 radical (unpaired) electrons. The number of amides is 1. The van der Waals surface area contributed by atoms with E-state index in [0.29, 0.717) is 22.2 Å². The third-order valence-corrected chi connectivity index (χ3v) is 3.89. The van der Waals surface area contributed by atoms with E-state index in [9.17, 15) is 4.79 Å². The number of anilines is 1. The molecule has 0 bridgehead atoms. The number of hydrogen-bond acceptors (Lipinski definition) is 4. The minimum atomic E-state index is -0.123. The first-order chi connectivity index (χ1) is 11.5. The standard InChI is InChI=1S/C18H21ClN2O3/c1-12(13-7-5-4-6-8-13)21-18(22)11-20-15-10-16(23-2)14(19)9-17(15)24-3/h4-10,12,20H,11H2,1-3H3,(H,21,22)/t12-/m0/s1. The monoisotopic (exact) mass is 348 g/mol. The highest BCUT2D eigenvalue weighted by Crippen LogP contribution is 2.35. The van der Waals surface area contributed by atoms with E-state index in [1.807, 2.05) is 37.3 Å². The molecule has 0 unspecified atom stereocenters. The summed E-state index contributed by atoms with van der Waals surface area (Å²) < 4.78 is 10.5. The Bertz CT molecular complexity index is 692. The Labute approximate surface area is 146 Å². The van der Waals surface area contributed by atoms with Gasteiger partial charge in [0.25, 0.3) is 0 Å². The van der Waals surface area contributed by atoms with Crippen LogP contribution in [0.15, 0.2) is 42.5 Å². The minimum Gasteiger partial charge on any atom is -0.495 e. The van der Waals surface area contributed by atoms with E-state index in [1.54, 1.807) is 19.2 Å². The van der Waals surface area contributed by atoms with Crippen molar-refractivity contribution < 1.29 is 14.3 Å². The normalized spacial score (nSPS) is 11.5. The number of methoxy groups -OCH3 is 2. The van der Waals surface area contributed by atoms with Gasteiger partial charge < -0.3 is 20.1 Å².